The second-order valence-corrected chi connectivity index (χ2v) is 6.76. The summed E-state index contributed by atoms with van der Waals surface area (Å²) in [6, 6.07) is 10.7. The normalized spacial score (nSPS) is 10.8. The molecule has 1 aromatic heterocycles. The zero-order chi connectivity index (χ0) is 21.5. The Morgan fingerprint density at radius 3 is 2.70 bits per heavy atom. The third kappa shape index (κ3) is 5.56. The van der Waals surface area contributed by atoms with E-state index in [4.69, 9.17) is 4.74 Å². The molecule has 0 aliphatic heterocycles. The molecule has 0 aliphatic rings. The number of hydrogen-bond donors (Lipinski definition) is 2. The number of tetrazole rings is 1. The van der Waals surface area contributed by atoms with Gasteiger partial charge in [0.05, 0.1) is 18.6 Å². The number of methoxy groups -OCH3 is 1. The van der Waals surface area contributed by atoms with Gasteiger partial charge in [-0.3, -0.25) is 4.79 Å². The number of benzene rings is 2. The van der Waals surface area contributed by atoms with Gasteiger partial charge in [-0.1, -0.05) is 17.8 Å². The predicted octanol–water partition coefficient (Wildman–Crippen LogP) is 2.39. The SMILES string of the molecule is COc1cc(CNC(=O)CSc2nnnn2-c2ccc(O)cc2)ccc1OC(F)F. The molecule has 0 aliphatic carbocycles. The van der Waals surface area contributed by atoms with E-state index < -0.39 is 6.61 Å². The molecule has 0 fully saturated rings. The highest BCUT2D eigenvalue weighted by atomic mass is 32.2. The van der Waals surface area contributed by atoms with Crippen LogP contribution in [0.4, 0.5) is 8.78 Å². The van der Waals surface area contributed by atoms with Gasteiger partial charge in [-0.2, -0.15) is 13.5 Å². The van der Waals surface area contributed by atoms with Crippen molar-refractivity contribution in [2.75, 3.05) is 12.9 Å². The van der Waals surface area contributed by atoms with Crippen LogP contribution in [0.5, 0.6) is 17.2 Å². The molecule has 0 saturated carbocycles. The lowest BCUT2D eigenvalue weighted by Gasteiger charge is -2.12. The molecule has 2 aromatic carbocycles. The summed E-state index contributed by atoms with van der Waals surface area (Å²) in [7, 11) is 1.34. The largest absolute Gasteiger partial charge is 0.508 e. The molecule has 0 atom stereocenters. The van der Waals surface area contributed by atoms with Crippen molar-refractivity contribution in [3.63, 3.8) is 0 Å². The van der Waals surface area contributed by atoms with E-state index in [1.165, 1.54) is 36.1 Å². The Bertz CT molecular complexity index is 1000. The Morgan fingerprint density at radius 2 is 2.00 bits per heavy atom. The van der Waals surface area contributed by atoms with Crippen LogP contribution < -0.4 is 14.8 Å². The third-order valence-corrected chi connectivity index (χ3v) is 4.72. The molecule has 0 spiro atoms. The van der Waals surface area contributed by atoms with Crippen LogP contribution in [-0.2, 0) is 11.3 Å². The molecule has 9 nitrogen and oxygen atoms in total. The fourth-order valence-electron chi connectivity index (χ4n) is 2.42. The average Bonchev–Trinajstić information content (AvgIpc) is 3.20. The minimum Gasteiger partial charge on any atom is -0.508 e. The fraction of sp³-hybridized carbons (Fsp3) is 0.222. The summed E-state index contributed by atoms with van der Waals surface area (Å²) >= 11 is 1.14. The number of phenolic OH excluding ortho intramolecular Hbond substituents is 1. The Kier molecular flexibility index (Phi) is 7.01. The minimum atomic E-state index is -2.96. The first-order valence-corrected chi connectivity index (χ1v) is 9.54. The molecule has 1 heterocycles. The number of phenols is 1. The van der Waals surface area contributed by atoms with Gasteiger partial charge in [0.25, 0.3) is 0 Å². The Balaban J connectivity index is 1.55. The minimum absolute atomic E-state index is 0.0577. The van der Waals surface area contributed by atoms with Crippen LogP contribution >= 0.6 is 11.8 Å². The first-order chi connectivity index (χ1) is 14.5. The van der Waals surface area contributed by atoms with Crippen molar-refractivity contribution in [3.05, 3.63) is 48.0 Å². The standard InChI is InChI=1S/C18H17F2N5O4S/c1-28-15-8-11(2-7-14(15)29-17(19)20)9-21-16(27)10-30-18-22-23-24-25(18)12-3-5-13(26)6-4-12/h2-8,17,26H,9-10H2,1H3,(H,21,27). The second-order valence-electron chi connectivity index (χ2n) is 5.82. The molecule has 0 radical (unpaired) electrons. The molecule has 3 aromatic rings. The summed E-state index contributed by atoms with van der Waals surface area (Å²) < 4.78 is 35.6. The zero-order valence-electron chi connectivity index (χ0n) is 15.7. The van der Waals surface area contributed by atoms with E-state index in [-0.39, 0.29) is 35.5 Å². The summed E-state index contributed by atoms with van der Waals surface area (Å²) in [5.41, 5.74) is 1.29. The Morgan fingerprint density at radius 1 is 1.23 bits per heavy atom. The number of halogens is 2. The second kappa shape index (κ2) is 9.87. The van der Waals surface area contributed by atoms with Crippen molar-refractivity contribution in [1.82, 2.24) is 25.5 Å². The summed E-state index contributed by atoms with van der Waals surface area (Å²) in [4.78, 5) is 12.2. The predicted molar refractivity (Wildman–Crippen MR) is 103 cm³/mol. The number of carbonyl (C=O) groups excluding carboxylic acids is 1. The molecule has 30 heavy (non-hydrogen) atoms. The number of aromatic hydroxyl groups is 1. The van der Waals surface area contributed by atoms with E-state index in [1.807, 2.05) is 0 Å². The van der Waals surface area contributed by atoms with Crippen LogP contribution in [0, 0.1) is 0 Å². The van der Waals surface area contributed by atoms with Crippen molar-refractivity contribution in [2.24, 2.45) is 0 Å². The molecule has 12 heteroatoms. The van der Waals surface area contributed by atoms with E-state index in [1.54, 1.807) is 18.2 Å². The number of ether oxygens (including phenoxy) is 2. The Hall–Kier alpha value is -3.41. The first-order valence-electron chi connectivity index (χ1n) is 8.55. The molecular weight excluding hydrogens is 420 g/mol. The average molecular weight is 437 g/mol. The highest BCUT2D eigenvalue weighted by Crippen LogP contribution is 2.29. The number of nitrogens with zero attached hydrogens (tertiary/aromatic N) is 4. The molecule has 1 amide bonds. The number of amides is 1. The van der Waals surface area contributed by atoms with Crippen molar-refractivity contribution in [1.29, 1.82) is 0 Å². The Labute approximate surface area is 174 Å². The van der Waals surface area contributed by atoms with E-state index in [2.05, 4.69) is 25.6 Å². The number of nitrogens with one attached hydrogen (secondary N) is 1. The number of aromatic nitrogens is 4. The van der Waals surface area contributed by atoms with E-state index in [0.29, 0.717) is 16.4 Å². The van der Waals surface area contributed by atoms with Crippen LogP contribution in [0.25, 0.3) is 5.69 Å². The molecule has 158 valence electrons. The summed E-state index contributed by atoms with van der Waals surface area (Å²) in [5.74, 6) is -0.0380. The number of hydrogen-bond acceptors (Lipinski definition) is 8. The first kappa shape index (κ1) is 21.3. The maximum atomic E-state index is 12.4. The van der Waals surface area contributed by atoms with Crippen molar-refractivity contribution < 1.29 is 28.2 Å². The lowest BCUT2D eigenvalue weighted by atomic mass is 10.2. The van der Waals surface area contributed by atoms with Crippen molar-refractivity contribution in [3.8, 4) is 22.9 Å². The maximum Gasteiger partial charge on any atom is 0.387 e. The topological polar surface area (TPSA) is 111 Å². The third-order valence-electron chi connectivity index (χ3n) is 3.80. The number of alkyl halides is 2. The summed E-state index contributed by atoms with van der Waals surface area (Å²) in [6.07, 6.45) is 0. The van der Waals surface area contributed by atoms with Crippen LogP contribution in [0.1, 0.15) is 5.56 Å². The summed E-state index contributed by atoms with van der Waals surface area (Å²) in [6.45, 7) is -2.78. The molecule has 0 unspecified atom stereocenters. The molecule has 0 saturated heterocycles. The molecular formula is C18H17F2N5O4S. The van der Waals surface area contributed by atoms with Crippen LogP contribution in [-0.4, -0.2) is 50.7 Å². The van der Waals surface area contributed by atoms with Crippen molar-refractivity contribution in [2.45, 2.75) is 18.3 Å². The lowest BCUT2D eigenvalue weighted by molar-refractivity contribution is -0.118. The van der Waals surface area contributed by atoms with Crippen LogP contribution in [0.2, 0.25) is 0 Å². The number of thioether (sulfide) groups is 1. The highest BCUT2D eigenvalue weighted by molar-refractivity contribution is 7.99. The molecule has 0 bridgehead atoms. The van der Waals surface area contributed by atoms with Gasteiger partial charge in [0.1, 0.15) is 5.75 Å². The number of rotatable bonds is 9. The van der Waals surface area contributed by atoms with Crippen LogP contribution in [0.3, 0.4) is 0 Å². The van der Waals surface area contributed by atoms with Crippen LogP contribution in [0.15, 0.2) is 47.6 Å². The van der Waals surface area contributed by atoms with E-state index in [0.717, 1.165) is 11.8 Å². The highest BCUT2D eigenvalue weighted by Gasteiger charge is 2.13. The van der Waals surface area contributed by atoms with Gasteiger partial charge in [0.2, 0.25) is 11.1 Å². The lowest BCUT2D eigenvalue weighted by Crippen LogP contribution is -2.24. The molecule has 2 N–H and O–H groups in total. The smallest absolute Gasteiger partial charge is 0.387 e. The van der Waals surface area contributed by atoms with Gasteiger partial charge in [0, 0.05) is 6.54 Å². The van der Waals surface area contributed by atoms with Gasteiger partial charge in [0.15, 0.2) is 11.5 Å². The van der Waals surface area contributed by atoms with Gasteiger partial charge in [-0.05, 0) is 52.4 Å². The fourth-order valence-corrected chi connectivity index (χ4v) is 3.14. The quantitative estimate of drug-likeness (QED) is 0.491. The molecule has 3 rings (SSSR count). The zero-order valence-corrected chi connectivity index (χ0v) is 16.5. The maximum absolute atomic E-state index is 12.4. The van der Waals surface area contributed by atoms with E-state index in [9.17, 15) is 18.7 Å². The van der Waals surface area contributed by atoms with Gasteiger partial charge in [-0.15, -0.1) is 5.10 Å². The summed E-state index contributed by atoms with van der Waals surface area (Å²) in [5, 5.41) is 23.9. The number of carbonyl (C=O) groups is 1. The van der Waals surface area contributed by atoms with Crippen molar-refractivity contribution >= 4 is 17.7 Å². The van der Waals surface area contributed by atoms with Gasteiger partial charge < -0.3 is 19.9 Å². The van der Waals surface area contributed by atoms with E-state index >= 15 is 0 Å². The van der Waals surface area contributed by atoms with Gasteiger partial charge in [-0.25, -0.2) is 0 Å². The van der Waals surface area contributed by atoms with Gasteiger partial charge >= 0.3 is 6.61 Å². The monoisotopic (exact) mass is 437 g/mol.